The van der Waals surface area contributed by atoms with E-state index in [0.717, 1.165) is 0 Å². The van der Waals surface area contributed by atoms with Gasteiger partial charge in [-0.05, 0) is 31.7 Å². The summed E-state index contributed by atoms with van der Waals surface area (Å²) in [6.07, 6.45) is 7.00. The summed E-state index contributed by atoms with van der Waals surface area (Å²) < 4.78 is 0. The zero-order chi connectivity index (χ0) is 11.6. The zero-order valence-electron chi connectivity index (χ0n) is 10.3. The highest BCUT2D eigenvalue weighted by Gasteiger charge is 2.37. The molecule has 1 aliphatic rings. The maximum atomic E-state index is 3.80. The predicted molar refractivity (Wildman–Crippen MR) is 75.4 cm³/mol. The van der Waals surface area contributed by atoms with Gasteiger partial charge in [-0.15, -0.1) is 7.92 Å². The van der Waals surface area contributed by atoms with Gasteiger partial charge in [0, 0.05) is 5.16 Å². The van der Waals surface area contributed by atoms with E-state index < -0.39 is 0 Å². The van der Waals surface area contributed by atoms with E-state index >= 15 is 0 Å². The Morgan fingerprint density at radius 2 is 1.69 bits per heavy atom. The summed E-state index contributed by atoms with van der Waals surface area (Å²) in [4.78, 5) is 0. The Morgan fingerprint density at radius 3 is 2.25 bits per heavy atom. The van der Waals surface area contributed by atoms with Crippen LogP contribution in [0.1, 0.15) is 37.7 Å². The Balaban J connectivity index is 2.43. The van der Waals surface area contributed by atoms with Crippen molar-refractivity contribution >= 4 is 23.4 Å². The molecule has 0 saturated heterocycles. The Kier molecular flexibility index (Phi) is 3.87. The Bertz CT molecular complexity index is 354. The molecule has 0 bridgehead atoms. The fourth-order valence-corrected chi connectivity index (χ4v) is 5.39. The van der Waals surface area contributed by atoms with Gasteiger partial charge in [0.25, 0.3) is 0 Å². The molecule has 0 spiro atoms. The maximum absolute atomic E-state index is 3.80. The van der Waals surface area contributed by atoms with Crippen molar-refractivity contribution in [3.8, 4) is 0 Å². The van der Waals surface area contributed by atoms with Crippen LogP contribution in [0.3, 0.4) is 0 Å². The van der Waals surface area contributed by atoms with E-state index in [1.54, 1.807) is 5.56 Å². The summed E-state index contributed by atoms with van der Waals surface area (Å²) in [7, 11) is 3.87. The molecule has 0 unspecified atom stereocenters. The predicted octanol–water partition coefficient (Wildman–Crippen LogP) is 3.38. The summed E-state index contributed by atoms with van der Waals surface area (Å²) >= 11 is 0. The molecule has 0 atom stereocenters. The lowest BCUT2D eigenvalue weighted by Crippen LogP contribution is -2.32. The van der Waals surface area contributed by atoms with E-state index in [1.165, 1.54) is 37.3 Å². The van der Waals surface area contributed by atoms with Gasteiger partial charge in [-0.25, -0.2) is 0 Å². The molecule has 0 N–H and O–H groups in total. The van der Waals surface area contributed by atoms with Crippen LogP contribution in [0, 0.1) is 0 Å². The van der Waals surface area contributed by atoms with Gasteiger partial charge < -0.3 is 0 Å². The third-order valence-corrected chi connectivity index (χ3v) is 6.80. The van der Waals surface area contributed by atoms with Crippen molar-refractivity contribution in [2.75, 3.05) is 13.3 Å². The second-order valence-corrected chi connectivity index (χ2v) is 8.22. The maximum Gasteiger partial charge on any atom is 0.0716 e. The summed E-state index contributed by atoms with van der Waals surface area (Å²) in [6, 6.07) is 8.83. The lowest BCUT2D eigenvalue weighted by molar-refractivity contribution is 0.402. The lowest BCUT2D eigenvalue weighted by atomic mass is 9.83. The van der Waals surface area contributed by atoms with Crippen molar-refractivity contribution in [3.63, 3.8) is 0 Å². The summed E-state index contributed by atoms with van der Waals surface area (Å²) in [5, 5.41) is 1.78. The molecule has 1 aromatic rings. The fourth-order valence-electron chi connectivity index (χ4n) is 2.98. The highest BCUT2D eigenvalue weighted by atomic mass is 31.1. The minimum Gasteiger partial charge on any atom is -0.102 e. The molecule has 16 heavy (non-hydrogen) atoms. The molecule has 1 fully saturated rings. The third kappa shape index (κ3) is 2.13. The Morgan fingerprint density at radius 1 is 1.06 bits per heavy atom. The van der Waals surface area contributed by atoms with Gasteiger partial charge in [0.15, 0.2) is 0 Å². The average molecular weight is 247 g/mol. The summed E-state index contributed by atoms with van der Waals surface area (Å²) in [6.45, 7) is 4.89. The molecule has 2 rings (SSSR count). The van der Waals surface area contributed by atoms with Gasteiger partial charge in [-0.1, -0.05) is 48.7 Å². The van der Waals surface area contributed by atoms with Crippen LogP contribution < -0.4 is 5.19 Å². The minimum atomic E-state index is 0.0735. The van der Waals surface area contributed by atoms with Crippen molar-refractivity contribution < 1.29 is 0 Å². The van der Waals surface area contributed by atoms with Crippen molar-refractivity contribution in [3.05, 3.63) is 29.8 Å². The molecule has 85 valence electrons. The second kappa shape index (κ2) is 5.02. The first-order chi connectivity index (χ1) is 7.67. The van der Waals surface area contributed by atoms with Gasteiger partial charge in [-0.2, -0.15) is 0 Å². The van der Waals surface area contributed by atoms with E-state index in [1.807, 2.05) is 0 Å². The van der Waals surface area contributed by atoms with E-state index in [-0.39, 0.29) is 7.92 Å². The molecule has 0 nitrogen and oxygen atoms in total. The van der Waals surface area contributed by atoms with Crippen LogP contribution in [-0.4, -0.2) is 23.6 Å². The number of benzene rings is 1. The largest absolute Gasteiger partial charge is 0.102 e. The van der Waals surface area contributed by atoms with Gasteiger partial charge in [-0.3, -0.25) is 0 Å². The Hall–Kier alpha value is -0.133. The van der Waals surface area contributed by atoms with E-state index in [0.29, 0.717) is 5.16 Å². The summed E-state index contributed by atoms with van der Waals surface area (Å²) in [5.41, 5.74) is 1.56. The molecule has 1 saturated carbocycles. The monoisotopic (exact) mass is 247 g/mol. The van der Waals surface area contributed by atoms with Gasteiger partial charge in [0.2, 0.25) is 0 Å². The highest BCUT2D eigenvalue weighted by Crippen LogP contribution is 2.58. The normalized spacial score (nSPS) is 20.0. The Labute approximate surface area is 104 Å². The van der Waals surface area contributed by atoms with Crippen LogP contribution in [0.2, 0.25) is 0 Å². The number of rotatable bonds is 2. The van der Waals surface area contributed by atoms with E-state index in [2.05, 4.69) is 47.8 Å². The van der Waals surface area contributed by atoms with Gasteiger partial charge in [0.1, 0.15) is 0 Å². The fraction of sp³-hybridized carbons (Fsp3) is 0.571. The molecule has 1 aliphatic carbocycles. The molecule has 0 aliphatic heterocycles. The van der Waals surface area contributed by atoms with Crippen LogP contribution in [0.5, 0.6) is 0 Å². The van der Waals surface area contributed by atoms with Crippen LogP contribution in [0.25, 0.3) is 0 Å². The first-order valence-electron chi connectivity index (χ1n) is 6.15. The molecule has 0 aromatic heterocycles. The standard InChI is InChI=1S/C14H20PSi/c1-15(2)14(10-6-3-7-11-14)12-8-4-5-9-13(12)16/h4-5,8-9H,3,6-7,10-11H2,1-2H3. The van der Waals surface area contributed by atoms with Crippen LogP contribution in [-0.2, 0) is 5.16 Å². The van der Waals surface area contributed by atoms with Gasteiger partial charge >= 0.3 is 0 Å². The second-order valence-electron chi connectivity index (χ2n) is 5.03. The molecule has 2 heteroatoms. The molecule has 3 radical (unpaired) electrons. The first kappa shape index (κ1) is 12.3. The molecule has 0 amide bonds. The van der Waals surface area contributed by atoms with Crippen LogP contribution in [0.15, 0.2) is 24.3 Å². The van der Waals surface area contributed by atoms with E-state index in [4.69, 9.17) is 0 Å². The lowest BCUT2D eigenvalue weighted by Gasteiger charge is -2.42. The third-order valence-electron chi connectivity index (χ3n) is 3.97. The number of hydrogen-bond acceptors (Lipinski definition) is 0. The zero-order valence-corrected chi connectivity index (χ0v) is 12.2. The molecular formula is C14H20PSi. The summed E-state index contributed by atoms with van der Waals surface area (Å²) in [5.74, 6) is 0. The first-order valence-corrected chi connectivity index (χ1v) is 8.89. The molecule has 1 aromatic carbocycles. The van der Waals surface area contributed by atoms with Crippen molar-refractivity contribution in [1.82, 2.24) is 0 Å². The van der Waals surface area contributed by atoms with Crippen LogP contribution in [0.4, 0.5) is 0 Å². The van der Waals surface area contributed by atoms with Crippen LogP contribution >= 0.6 is 7.92 Å². The van der Waals surface area contributed by atoms with Gasteiger partial charge in [0.05, 0.1) is 10.2 Å². The molecule has 0 heterocycles. The van der Waals surface area contributed by atoms with E-state index in [9.17, 15) is 0 Å². The minimum absolute atomic E-state index is 0.0735. The topological polar surface area (TPSA) is 0 Å². The average Bonchev–Trinajstić information content (AvgIpc) is 2.30. The van der Waals surface area contributed by atoms with Crippen molar-refractivity contribution in [1.29, 1.82) is 0 Å². The number of hydrogen-bond donors (Lipinski definition) is 0. The molecular weight excluding hydrogens is 227 g/mol. The quantitative estimate of drug-likeness (QED) is 0.555. The van der Waals surface area contributed by atoms with Crippen molar-refractivity contribution in [2.45, 2.75) is 37.3 Å². The smallest absolute Gasteiger partial charge is 0.0716 e. The van der Waals surface area contributed by atoms with Crippen molar-refractivity contribution in [2.24, 2.45) is 0 Å². The highest BCUT2D eigenvalue weighted by molar-refractivity contribution is 7.57. The SMILES string of the molecule is CP(C)C1(c2ccccc2[Si])CCCCC1.